The quantitative estimate of drug-likeness (QED) is 0.445. The second-order valence-corrected chi connectivity index (χ2v) is 2.25. The van der Waals surface area contributed by atoms with Crippen LogP contribution in [0.4, 0.5) is 0 Å². The van der Waals surface area contributed by atoms with E-state index in [0.29, 0.717) is 0 Å². The van der Waals surface area contributed by atoms with Crippen LogP contribution in [0, 0.1) is 0 Å². The molecule has 2 N–H and O–H groups in total. The Morgan fingerprint density at radius 1 is 1.12 bits per heavy atom. The van der Waals surface area contributed by atoms with Gasteiger partial charge < -0.3 is 15.2 Å². The Balaban J connectivity index is 1.97. The Morgan fingerprint density at radius 3 is 2.00 bits per heavy atom. The molecule has 1 heterocycles. The zero-order valence-corrected chi connectivity index (χ0v) is 4.54. The van der Waals surface area contributed by atoms with E-state index in [1.54, 1.807) is 0 Å². The van der Waals surface area contributed by atoms with E-state index >= 15 is 0 Å². The van der Waals surface area contributed by atoms with Crippen LogP contribution in [0.25, 0.3) is 0 Å². The molecule has 0 aromatic heterocycles. The van der Waals surface area contributed by atoms with Gasteiger partial charge in [-0.3, -0.25) is 0 Å². The maximum atomic E-state index is 5.52. The molecule has 2 unspecified atom stereocenters. The number of nitrogens with two attached hydrogens (primary N) is 1. The first-order chi connectivity index (χ1) is 3.89. The van der Waals surface area contributed by atoms with Crippen LogP contribution in [0.5, 0.6) is 0 Å². The summed E-state index contributed by atoms with van der Waals surface area (Å²) in [7, 11) is 0. The van der Waals surface area contributed by atoms with E-state index in [2.05, 4.69) is 0 Å². The van der Waals surface area contributed by atoms with Crippen molar-refractivity contribution in [3.05, 3.63) is 0 Å². The molecule has 2 rings (SSSR count). The van der Waals surface area contributed by atoms with Gasteiger partial charge in [-0.2, -0.15) is 0 Å². The highest BCUT2D eigenvalue weighted by Gasteiger charge is 2.52. The fourth-order valence-electron chi connectivity index (χ4n) is 1.06. The zero-order chi connectivity index (χ0) is 5.56. The summed E-state index contributed by atoms with van der Waals surface area (Å²) in [5, 5.41) is 0. The summed E-state index contributed by atoms with van der Waals surface area (Å²) in [6, 6.07) is 0.164. The van der Waals surface area contributed by atoms with Crippen molar-refractivity contribution in [2.75, 3.05) is 13.2 Å². The normalized spacial score (nSPS) is 52.9. The number of hydrogen-bond donors (Lipinski definition) is 1. The van der Waals surface area contributed by atoms with E-state index in [1.807, 2.05) is 0 Å². The van der Waals surface area contributed by atoms with E-state index in [0.717, 1.165) is 13.2 Å². The minimum atomic E-state index is 0.164. The average Bonchev–Trinajstić information content (AvgIpc) is 2.46. The summed E-state index contributed by atoms with van der Waals surface area (Å²) in [6.07, 6.45) is 0.451. The first-order valence-corrected chi connectivity index (χ1v) is 2.88. The van der Waals surface area contributed by atoms with Crippen LogP contribution in [0.15, 0.2) is 0 Å². The van der Waals surface area contributed by atoms with Crippen LogP contribution in [0.2, 0.25) is 0 Å². The molecule has 1 aliphatic heterocycles. The molecule has 46 valence electrons. The smallest absolute Gasteiger partial charge is 0.103 e. The minimum Gasteiger partial charge on any atom is -0.371 e. The largest absolute Gasteiger partial charge is 0.371 e. The van der Waals surface area contributed by atoms with Crippen LogP contribution in [0.3, 0.4) is 0 Å². The summed E-state index contributed by atoms with van der Waals surface area (Å²) in [5.41, 5.74) is 5.52. The SMILES string of the molecule is NC1C2OCCOC12. The van der Waals surface area contributed by atoms with E-state index in [4.69, 9.17) is 15.2 Å². The van der Waals surface area contributed by atoms with Gasteiger partial charge in [0.2, 0.25) is 0 Å². The fourth-order valence-corrected chi connectivity index (χ4v) is 1.06. The lowest BCUT2D eigenvalue weighted by atomic mass is 10.6. The topological polar surface area (TPSA) is 44.5 Å². The predicted octanol–water partition coefficient (Wildman–Crippen LogP) is -0.889. The molecule has 3 nitrogen and oxygen atoms in total. The van der Waals surface area contributed by atoms with Crippen molar-refractivity contribution in [1.29, 1.82) is 0 Å². The molecule has 0 aromatic rings. The van der Waals surface area contributed by atoms with Crippen LogP contribution in [0.1, 0.15) is 0 Å². The maximum Gasteiger partial charge on any atom is 0.103 e. The molecule has 1 saturated carbocycles. The van der Waals surface area contributed by atoms with Crippen LogP contribution in [-0.2, 0) is 9.47 Å². The molecular weight excluding hydrogens is 106 g/mol. The second kappa shape index (κ2) is 1.43. The van der Waals surface area contributed by atoms with E-state index in [9.17, 15) is 0 Å². The number of hydrogen-bond acceptors (Lipinski definition) is 3. The van der Waals surface area contributed by atoms with Gasteiger partial charge in [-0.15, -0.1) is 0 Å². The van der Waals surface area contributed by atoms with Gasteiger partial charge in [-0.1, -0.05) is 0 Å². The lowest BCUT2D eigenvalue weighted by molar-refractivity contribution is -0.0376. The first kappa shape index (κ1) is 4.73. The Labute approximate surface area is 47.8 Å². The molecule has 1 saturated heterocycles. The third-order valence-electron chi connectivity index (χ3n) is 1.65. The molecule has 0 bridgehead atoms. The summed E-state index contributed by atoms with van der Waals surface area (Å²) < 4.78 is 10.4. The van der Waals surface area contributed by atoms with Crippen molar-refractivity contribution < 1.29 is 9.47 Å². The Kier molecular flexibility index (Phi) is 0.848. The summed E-state index contributed by atoms with van der Waals surface area (Å²) >= 11 is 0. The lowest BCUT2D eigenvalue weighted by Crippen LogP contribution is -2.16. The number of ether oxygens (including phenoxy) is 2. The zero-order valence-electron chi connectivity index (χ0n) is 4.54. The van der Waals surface area contributed by atoms with Gasteiger partial charge in [0.15, 0.2) is 0 Å². The van der Waals surface area contributed by atoms with Crippen molar-refractivity contribution in [3.8, 4) is 0 Å². The molecular formula is C5H9NO2. The van der Waals surface area contributed by atoms with Crippen LogP contribution >= 0.6 is 0 Å². The van der Waals surface area contributed by atoms with Gasteiger partial charge in [0.25, 0.3) is 0 Å². The molecule has 3 heteroatoms. The molecule has 2 aliphatic rings. The fraction of sp³-hybridized carbons (Fsp3) is 1.00. The van der Waals surface area contributed by atoms with E-state index in [1.165, 1.54) is 0 Å². The third kappa shape index (κ3) is 0.491. The Morgan fingerprint density at radius 2 is 1.62 bits per heavy atom. The summed E-state index contributed by atoms with van der Waals surface area (Å²) in [6.45, 7) is 1.43. The molecule has 0 amide bonds. The molecule has 2 fully saturated rings. The van der Waals surface area contributed by atoms with Gasteiger partial charge in [0.1, 0.15) is 12.2 Å². The highest BCUT2D eigenvalue weighted by molar-refractivity contribution is 5.06. The summed E-state index contributed by atoms with van der Waals surface area (Å²) in [4.78, 5) is 0. The van der Waals surface area contributed by atoms with E-state index in [-0.39, 0.29) is 18.2 Å². The standard InChI is InChI=1S/C5H9NO2/c6-3-4-5(3)8-2-1-7-4/h3-5H,1-2,6H2. The van der Waals surface area contributed by atoms with Crippen molar-refractivity contribution in [3.63, 3.8) is 0 Å². The maximum absolute atomic E-state index is 5.52. The van der Waals surface area contributed by atoms with Gasteiger partial charge in [0.05, 0.1) is 19.3 Å². The van der Waals surface area contributed by atoms with Crippen molar-refractivity contribution in [2.24, 2.45) is 5.73 Å². The second-order valence-electron chi connectivity index (χ2n) is 2.25. The van der Waals surface area contributed by atoms with Gasteiger partial charge in [0, 0.05) is 0 Å². The molecule has 8 heavy (non-hydrogen) atoms. The average molecular weight is 115 g/mol. The first-order valence-electron chi connectivity index (χ1n) is 2.88. The number of fused-ring (bicyclic) bond motifs is 1. The molecule has 2 atom stereocenters. The lowest BCUT2D eigenvalue weighted by Gasteiger charge is -2.08. The third-order valence-corrected chi connectivity index (χ3v) is 1.65. The van der Waals surface area contributed by atoms with Gasteiger partial charge in [-0.05, 0) is 0 Å². The van der Waals surface area contributed by atoms with E-state index < -0.39 is 0 Å². The molecule has 1 aliphatic carbocycles. The van der Waals surface area contributed by atoms with Crippen LogP contribution in [-0.4, -0.2) is 31.5 Å². The molecule has 0 radical (unpaired) electrons. The monoisotopic (exact) mass is 115 g/mol. The highest BCUT2D eigenvalue weighted by Crippen LogP contribution is 2.30. The highest BCUT2D eigenvalue weighted by atomic mass is 16.6. The minimum absolute atomic E-state index is 0.164. The number of rotatable bonds is 0. The summed E-state index contributed by atoms with van der Waals surface area (Å²) in [5.74, 6) is 0. The van der Waals surface area contributed by atoms with Crippen LogP contribution < -0.4 is 5.73 Å². The Hall–Kier alpha value is -0.120. The van der Waals surface area contributed by atoms with Crippen molar-refractivity contribution in [2.45, 2.75) is 18.2 Å². The van der Waals surface area contributed by atoms with Crippen molar-refractivity contribution >= 4 is 0 Å². The molecule has 0 spiro atoms. The Bertz CT molecular complexity index is 94.6. The van der Waals surface area contributed by atoms with Crippen molar-refractivity contribution in [1.82, 2.24) is 0 Å². The van der Waals surface area contributed by atoms with Gasteiger partial charge in [-0.25, -0.2) is 0 Å². The van der Waals surface area contributed by atoms with Gasteiger partial charge >= 0.3 is 0 Å². The predicted molar refractivity (Wildman–Crippen MR) is 27.5 cm³/mol. The molecule has 0 aromatic carbocycles.